The first kappa shape index (κ1) is 25.5. The van der Waals surface area contributed by atoms with Crippen molar-refractivity contribution in [1.82, 2.24) is 20.0 Å². The number of carbonyl (C=O) groups is 2. The maximum Gasteiger partial charge on any atom is 0.254 e. The van der Waals surface area contributed by atoms with Crippen molar-refractivity contribution in [2.24, 2.45) is 0 Å². The standard InChI is InChI=1S/C29H33N5O4/c1-37-24-11-7-21(8-12-24)29(36)34(23-9-10-23)20-28(35)33-16-4-15-32(17-18-33)27-14-13-26(30-31-27)22-5-3-6-25(19-22)38-2/h3,5-8,11-14,19,23H,4,9-10,15-18,20H2,1-2H3. The molecule has 1 saturated heterocycles. The third kappa shape index (κ3) is 5.88. The Hall–Kier alpha value is -4.14. The zero-order chi connectivity index (χ0) is 26.5. The van der Waals surface area contributed by atoms with E-state index in [0.29, 0.717) is 30.9 Å². The highest BCUT2D eigenvalue weighted by Crippen LogP contribution is 2.29. The van der Waals surface area contributed by atoms with Gasteiger partial charge in [0, 0.05) is 43.3 Å². The summed E-state index contributed by atoms with van der Waals surface area (Å²) in [7, 11) is 3.24. The molecule has 0 unspecified atom stereocenters. The van der Waals surface area contributed by atoms with Crippen molar-refractivity contribution in [3.05, 3.63) is 66.2 Å². The predicted octanol–water partition coefficient (Wildman–Crippen LogP) is 3.50. The Morgan fingerprint density at radius 2 is 1.68 bits per heavy atom. The number of ether oxygens (including phenoxy) is 2. The maximum absolute atomic E-state index is 13.3. The average molecular weight is 516 g/mol. The van der Waals surface area contributed by atoms with Gasteiger partial charge < -0.3 is 24.2 Å². The lowest BCUT2D eigenvalue weighted by Crippen LogP contribution is -2.45. The number of benzene rings is 2. The number of amides is 2. The second-order valence-electron chi connectivity index (χ2n) is 9.62. The number of hydrogen-bond donors (Lipinski definition) is 0. The quantitative estimate of drug-likeness (QED) is 0.454. The summed E-state index contributed by atoms with van der Waals surface area (Å²) < 4.78 is 10.5. The van der Waals surface area contributed by atoms with Crippen LogP contribution in [0.1, 0.15) is 29.6 Å². The van der Waals surface area contributed by atoms with Crippen molar-refractivity contribution < 1.29 is 19.1 Å². The largest absolute Gasteiger partial charge is 0.497 e. The van der Waals surface area contributed by atoms with Gasteiger partial charge in [-0.2, -0.15) is 0 Å². The molecule has 38 heavy (non-hydrogen) atoms. The summed E-state index contributed by atoms with van der Waals surface area (Å²) in [5.41, 5.74) is 2.30. The molecule has 0 bridgehead atoms. The first-order chi connectivity index (χ1) is 18.6. The van der Waals surface area contributed by atoms with Crippen LogP contribution in [0.4, 0.5) is 5.82 Å². The zero-order valence-corrected chi connectivity index (χ0v) is 21.9. The SMILES string of the molecule is COc1ccc(C(=O)N(CC(=O)N2CCCN(c3ccc(-c4cccc(OC)c4)nn3)CC2)C2CC2)cc1. The number of hydrogen-bond acceptors (Lipinski definition) is 7. The van der Waals surface area contributed by atoms with Gasteiger partial charge in [0.15, 0.2) is 5.82 Å². The minimum Gasteiger partial charge on any atom is -0.497 e. The van der Waals surface area contributed by atoms with Crippen LogP contribution >= 0.6 is 0 Å². The van der Waals surface area contributed by atoms with E-state index < -0.39 is 0 Å². The Morgan fingerprint density at radius 3 is 2.37 bits per heavy atom. The molecule has 0 spiro atoms. The minimum absolute atomic E-state index is 0.0138. The molecule has 1 aromatic heterocycles. The van der Waals surface area contributed by atoms with E-state index in [2.05, 4.69) is 15.1 Å². The first-order valence-corrected chi connectivity index (χ1v) is 13.0. The monoisotopic (exact) mass is 515 g/mol. The van der Waals surface area contributed by atoms with E-state index in [-0.39, 0.29) is 24.4 Å². The number of carbonyl (C=O) groups excluding carboxylic acids is 2. The van der Waals surface area contributed by atoms with Gasteiger partial charge in [-0.25, -0.2) is 0 Å². The molecule has 5 rings (SSSR count). The lowest BCUT2D eigenvalue weighted by molar-refractivity contribution is -0.131. The molecule has 2 aliphatic rings. The Morgan fingerprint density at radius 1 is 0.895 bits per heavy atom. The molecule has 1 aliphatic carbocycles. The Balaban J connectivity index is 1.20. The molecular formula is C29H33N5O4. The lowest BCUT2D eigenvalue weighted by Gasteiger charge is -2.27. The molecule has 1 saturated carbocycles. The third-order valence-electron chi connectivity index (χ3n) is 7.08. The van der Waals surface area contributed by atoms with Crippen LogP contribution in [0, 0.1) is 0 Å². The number of aromatic nitrogens is 2. The van der Waals surface area contributed by atoms with Gasteiger partial charge in [-0.05, 0) is 67.8 Å². The second-order valence-corrected chi connectivity index (χ2v) is 9.62. The van der Waals surface area contributed by atoms with Crippen LogP contribution in [0.2, 0.25) is 0 Å². The van der Waals surface area contributed by atoms with E-state index in [1.165, 1.54) is 0 Å². The molecule has 0 radical (unpaired) electrons. The van der Waals surface area contributed by atoms with Crippen LogP contribution < -0.4 is 14.4 Å². The fraction of sp³-hybridized carbons (Fsp3) is 0.379. The van der Waals surface area contributed by atoms with Gasteiger partial charge in [-0.3, -0.25) is 9.59 Å². The fourth-order valence-corrected chi connectivity index (χ4v) is 4.72. The Bertz CT molecular complexity index is 1260. The summed E-state index contributed by atoms with van der Waals surface area (Å²) in [6.07, 6.45) is 2.70. The van der Waals surface area contributed by atoms with E-state index in [0.717, 1.165) is 48.6 Å². The van der Waals surface area contributed by atoms with E-state index in [9.17, 15) is 9.59 Å². The van der Waals surface area contributed by atoms with Crippen LogP contribution in [-0.2, 0) is 4.79 Å². The lowest BCUT2D eigenvalue weighted by atomic mass is 10.1. The minimum atomic E-state index is -0.105. The van der Waals surface area contributed by atoms with Crippen LogP contribution in [-0.4, -0.2) is 84.8 Å². The van der Waals surface area contributed by atoms with Gasteiger partial charge in [0.05, 0.1) is 19.9 Å². The molecule has 2 fully saturated rings. The molecule has 2 aromatic carbocycles. The summed E-state index contributed by atoms with van der Waals surface area (Å²) in [6.45, 7) is 2.78. The highest BCUT2D eigenvalue weighted by atomic mass is 16.5. The third-order valence-corrected chi connectivity index (χ3v) is 7.08. The molecule has 3 aromatic rings. The van der Waals surface area contributed by atoms with Crippen LogP contribution in [0.15, 0.2) is 60.7 Å². The fourth-order valence-electron chi connectivity index (χ4n) is 4.72. The zero-order valence-electron chi connectivity index (χ0n) is 21.9. The van der Waals surface area contributed by atoms with Crippen molar-refractivity contribution in [2.45, 2.75) is 25.3 Å². The number of anilines is 1. The molecule has 9 nitrogen and oxygen atoms in total. The summed E-state index contributed by atoms with van der Waals surface area (Å²) in [5, 5.41) is 8.89. The highest BCUT2D eigenvalue weighted by Gasteiger charge is 2.35. The van der Waals surface area contributed by atoms with Gasteiger partial charge in [-0.1, -0.05) is 12.1 Å². The first-order valence-electron chi connectivity index (χ1n) is 13.0. The normalized spacial score (nSPS) is 15.5. The Kier molecular flexibility index (Phi) is 7.72. The number of methoxy groups -OCH3 is 2. The molecular weight excluding hydrogens is 482 g/mol. The summed E-state index contributed by atoms with van der Waals surface area (Å²) in [5.74, 6) is 2.15. The van der Waals surface area contributed by atoms with Crippen LogP contribution in [0.5, 0.6) is 11.5 Å². The summed E-state index contributed by atoms with van der Waals surface area (Å²) in [4.78, 5) is 32.2. The number of nitrogens with zero attached hydrogens (tertiary/aromatic N) is 5. The van der Waals surface area contributed by atoms with Gasteiger partial charge in [0.2, 0.25) is 5.91 Å². The van der Waals surface area contributed by atoms with Crippen LogP contribution in [0.3, 0.4) is 0 Å². The van der Waals surface area contributed by atoms with Gasteiger partial charge >= 0.3 is 0 Å². The van der Waals surface area contributed by atoms with Crippen molar-refractivity contribution in [3.63, 3.8) is 0 Å². The molecule has 2 heterocycles. The smallest absolute Gasteiger partial charge is 0.254 e. The average Bonchev–Trinajstić information content (AvgIpc) is 3.83. The molecule has 2 amide bonds. The summed E-state index contributed by atoms with van der Waals surface area (Å²) >= 11 is 0. The molecule has 198 valence electrons. The Labute approximate surface area is 223 Å². The van der Waals surface area contributed by atoms with Crippen molar-refractivity contribution in [3.8, 4) is 22.8 Å². The van der Waals surface area contributed by atoms with E-state index in [1.54, 1.807) is 43.4 Å². The van der Waals surface area contributed by atoms with E-state index in [1.807, 2.05) is 41.3 Å². The van der Waals surface area contributed by atoms with Crippen molar-refractivity contribution in [1.29, 1.82) is 0 Å². The topological polar surface area (TPSA) is 88.1 Å². The van der Waals surface area contributed by atoms with Gasteiger partial charge in [0.1, 0.15) is 18.0 Å². The highest BCUT2D eigenvalue weighted by molar-refractivity contribution is 5.97. The van der Waals surface area contributed by atoms with Crippen molar-refractivity contribution in [2.75, 3.05) is 51.8 Å². The molecule has 0 atom stereocenters. The number of rotatable bonds is 8. The van der Waals surface area contributed by atoms with E-state index in [4.69, 9.17) is 9.47 Å². The maximum atomic E-state index is 13.3. The van der Waals surface area contributed by atoms with Gasteiger partial charge in [-0.15, -0.1) is 10.2 Å². The van der Waals surface area contributed by atoms with Crippen molar-refractivity contribution >= 4 is 17.6 Å². The second kappa shape index (κ2) is 11.5. The van der Waals surface area contributed by atoms with Crippen LogP contribution in [0.25, 0.3) is 11.3 Å². The van der Waals surface area contributed by atoms with Gasteiger partial charge in [0.25, 0.3) is 5.91 Å². The molecule has 0 N–H and O–H groups in total. The predicted molar refractivity (Wildman–Crippen MR) is 144 cm³/mol. The molecule has 1 aliphatic heterocycles. The summed E-state index contributed by atoms with van der Waals surface area (Å²) in [6, 6.07) is 18.9. The molecule has 9 heteroatoms. The van der Waals surface area contributed by atoms with E-state index >= 15 is 0 Å².